The molecular weight excluding hydrogens is 381 g/mol. The second kappa shape index (κ2) is 9.80. The van der Waals surface area contributed by atoms with Crippen molar-refractivity contribution in [2.45, 2.75) is 13.0 Å². The molecule has 0 bridgehead atoms. The van der Waals surface area contributed by atoms with Crippen molar-refractivity contribution in [1.29, 1.82) is 0 Å². The summed E-state index contributed by atoms with van der Waals surface area (Å²) >= 11 is 0. The Morgan fingerprint density at radius 2 is 1.60 bits per heavy atom. The molecule has 154 valence electrons. The summed E-state index contributed by atoms with van der Waals surface area (Å²) in [5.74, 6) is -1.01. The van der Waals surface area contributed by atoms with Gasteiger partial charge in [-0.25, -0.2) is 4.39 Å². The van der Waals surface area contributed by atoms with Gasteiger partial charge >= 0.3 is 0 Å². The van der Waals surface area contributed by atoms with E-state index < -0.39 is 11.9 Å². The molecule has 2 amide bonds. The molecule has 0 saturated heterocycles. The lowest BCUT2D eigenvalue weighted by Crippen LogP contribution is -2.39. The van der Waals surface area contributed by atoms with Gasteiger partial charge in [-0.05, 0) is 49.9 Å². The van der Waals surface area contributed by atoms with E-state index in [0.717, 1.165) is 11.1 Å². The minimum Gasteiger partial charge on any atom is -0.325 e. The topological polar surface area (TPSA) is 61.4 Å². The second-order valence-corrected chi connectivity index (χ2v) is 7.14. The van der Waals surface area contributed by atoms with Gasteiger partial charge in [0, 0.05) is 11.4 Å². The van der Waals surface area contributed by atoms with Gasteiger partial charge < -0.3 is 10.6 Å². The summed E-state index contributed by atoms with van der Waals surface area (Å²) in [7, 11) is 1.71. The van der Waals surface area contributed by atoms with E-state index in [0.29, 0.717) is 11.4 Å². The number of benzene rings is 3. The molecule has 3 rings (SSSR count). The number of amides is 2. The van der Waals surface area contributed by atoms with Crippen LogP contribution in [0, 0.1) is 12.7 Å². The van der Waals surface area contributed by atoms with Gasteiger partial charge in [-0.15, -0.1) is 0 Å². The van der Waals surface area contributed by atoms with E-state index in [1.807, 2.05) is 61.5 Å². The Bertz CT molecular complexity index is 1010. The van der Waals surface area contributed by atoms with Crippen LogP contribution in [0.2, 0.25) is 0 Å². The van der Waals surface area contributed by atoms with Crippen LogP contribution >= 0.6 is 0 Å². The largest absolute Gasteiger partial charge is 0.325 e. The molecule has 30 heavy (non-hydrogen) atoms. The van der Waals surface area contributed by atoms with Crippen LogP contribution in [0.15, 0.2) is 78.9 Å². The van der Waals surface area contributed by atoms with E-state index in [1.165, 1.54) is 18.2 Å². The zero-order chi connectivity index (χ0) is 21.5. The Hall–Kier alpha value is -3.51. The number of rotatable bonds is 7. The van der Waals surface area contributed by atoms with Gasteiger partial charge in [0.05, 0.1) is 6.54 Å². The highest BCUT2D eigenvalue weighted by Gasteiger charge is 2.26. The van der Waals surface area contributed by atoms with Crippen molar-refractivity contribution in [2.75, 3.05) is 24.2 Å². The molecule has 3 aromatic carbocycles. The normalized spacial score (nSPS) is 11.7. The minimum atomic E-state index is -0.675. The maximum Gasteiger partial charge on any atom is 0.246 e. The van der Waals surface area contributed by atoms with Crippen molar-refractivity contribution < 1.29 is 14.0 Å². The molecule has 0 fully saturated rings. The summed E-state index contributed by atoms with van der Waals surface area (Å²) in [5, 5.41) is 5.58. The number of aryl methyl sites for hydroxylation is 1. The van der Waals surface area contributed by atoms with Crippen molar-refractivity contribution in [1.82, 2.24) is 4.90 Å². The Morgan fingerprint density at radius 3 is 2.27 bits per heavy atom. The van der Waals surface area contributed by atoms with E-state index >= 15 is 0 Å². The zero-order valence-corrected chi connectivity index (χ0v) is 16.9. The molecule has 0 aliphatic heterocycles. The number of carbonyl (C=O) groups is 2. The number of hydrogen-bond acceptors (Lipinski definition) is 3. The van der Waals surface area contributed by atoms with Crippen molar-refractivity contribution in [3.63, 3.8) is 0 Å². The number of hydrogen-bond donors (Lipinski definition) is 2. The first kappa shape index (κ1) is 21.2. The molecule has 0 aromatic heterocycles. The van der Waals surface area contributed by atoms with Gasteiger partial charge in [-0.3, -0.25) is 14.5 Å². The molecule has 0 heterocycles. The first-order valence-electron chi connectivity index (χ1n) is 9.60. The molecule has 6 heteroatoms. The standard InChI is InChI=1S/C24H24FN3O2/c1-17-11-13-20(14-12-17)27-24(30)23(18-7-4-3-5-8-18)28(2)16-22(29)26-21-10-6-9-19(25)15-21/h3-15,23H,16H2,1-2H3,(H,26,29)(H,27,30). The first-order chi connectivity index (χ1) is 14.4. The lowest BCUT2D eigenvalue weighted by atomic mass is 10.0. The fraction of sp³-hybridized carbons (Fsp3) is 0.167. The molecule has 0 aliphatic carbocycles. The quantitative estimate of drug-likeness (QED) is 0.613. The van der Waals surface area contributed by atoms with E-state index in [1.54, 1.807) is 18.0 Å². The summed E-state index contributed by atoms with van der Waals surface area (Å²) in [6.45, 7) is 1.93. The molecule has 0 radical (unpaired) electrons. The van der Waals surface area contributed by atoms with E-state index in [2.05, 4.69) is 10.6 Å². The smallest absolute Gasteiger partial charge is 0.246 e. The molecule has 0 saturated carbocycles. The van der Waals surface area contributed by atoms with E-state index in [4.69, 9.17) is 0 Å². The molecule has 5 nitrogen and oxygen atoms in total. The number of halogens is 1. The van der Waals surface area contributed by atoms with Crippen LogP contribution in [0.25, 0.3) is 0 Å². The molecule has 3 aromatic rings. The van der Waals surface area contributed by atoms with E-state index in [-0.39, 0.29) is 18.4 Å². The van der Waals surface area contributed by atoms with Crippen LogP contribution in [0.3, 0.4) is 0 Å². The fourth-order valence-corrected chi connectivity index (χ4v) is 3.17. The predicted octanol–water partition coefficient (Wildman–Crippen LogP) is 4.38. The molecule has 0 aliphatic rings. The Morgan fingerprint density at radius 1 is 0.900 bits per heavy atom. The first-order valence-corrected chi connectivity index (χ1v) is 9.60. The van der Waals surface area contributed by atoms with E-state index in [9.17, 15) is 14.0 Å². The van der Waals surface area contributed by atoms with Crippen LogP contribution in [0.1, 0.15) is 17.2 Å². The average Bonchev–Trinajstić information content (AvgIpc) is 2.70. The monoisotopic (exact) mass is 405 g/mol. The van der Waals surface area contributed by atoms with Crippen LogP contribution in [0.5, 0.6) is 0 Å². The van der Waals surface area contributed by atoms with Gasteiger partial charge in [-0.1, -0.05) is 54.1 Å². The van der Waals surface area contributed by atoms with Gasteiger partial charge in [-0.2, -0.15) is 0 Å². The van der Waals surface area contributed by atoms with Crippen LogP contribution in [-0.4, -0.2) is 30.3 Å². The number of nitrogens with one attached hydrogen (secondary N) is 2. The fourth-order valence-electron chi connectivity index (χ4n) is 3.17. The summed E-state index contributed by atoms with van der Waals surface area (Å²) in [6.07, 6.45) is 0. The Labute approximate surface area is 175 Å². The summed E-state index contributed by atoms with van der Waals surface area (Å²) in [4.78, 5) is 27.2. The summed E-state index contributed by atoms with van der Waals surface area (Å²) in [6, 6.07) is 21.8. The molecule has 1 atom stereocenters. The summed E-state index contributed by atoms with van der Waals surface area (Å²) < 4.78 is 13.4. The zero-order valence-electron chi connectivity index (χ0n) is 16.9. The van der Waals surface area contributed by atoms with Crippen LogP contribution < -0.4 is 10.6 Å². The maximum atomic E-state index is 13.4. The van der Waals surface area contributed by atoms with Gasteiger partial charge in [0.25, 0.3) is 0 Å². The van der Waals surface area contributed by atoms with Crippen molar-refractivity contribution in [2.24, 2.45) is 0 Å². The minimum absolute atomic E-state index is 0.0443. The van der Waals surface area contributed by atoms with Crippen molar-refractivity contribution >= 4 is 23.2 Å². The van der Waals surface area contributed by atoms with Crippen molar-refractivity contribution in [3.05, 3.63) is 95.8 Å². The Kier molecular flexibility index (Phi) is 6.93. The van der Waals surface area contributed by atoms with Crippen molar-refractivity contribution in [3.8, 4) is 0 Å². The highest BCUT2D eigenvalue weighted by atomic mass is 19.1. The maximum absolute atomic E-state index is 13.4. The number of nitrogens with zero attached hydrogens (tertiary/aromatic N) is 1. The average molecular weight is 405 g/mol. The predicted molar refractivity (Wildman–Crippen MR) is 117 cm³/mol. The second-order valence-electron chi connectivity index (χ2n) is 7.14. The van der Waals surface area contributed by atoms with Crippen LogP contribution in [0.4, 0.5) is 15.8 Å². The Balaban J connectivity index is 1.75. The van der Waals surface area contributed by atoms with Gasteiger partial charge in [0.15, 0.2) is 0 Å². The molecule has 0 spiro atoms. The third-order valence-corrected chi connectivity index (χ3v) is 4.62. The lowest BCUT2D eigenvalue weighted by Gasteiger charge is -2.27. The van der Waals surface area contributed by atoms with Crippen LogP contribution in [-0.2, 0) is 9.59 Å². The lowest BCUT2D eigenvalue weighted by molar-refractivity contribution is -0.123. The summed E-state index contributed by atoms with van der Waals surface area (Å²) in [5.41, 5.74) is 2.92. The van der Waals surface area contributed by atoms with Gasteiger partial charge in [0.2, 0.25) is 11.8 Å². The number of likely N-dealkylation sites (N-methyl/N-ethyl adjacent to an activating group) is 1. The molecular formula is C24H24FN3O2. The van der Waals surface area contributed by atoms with Gasteiger partial charge in [0.1, 0.15) is 11.9 Å². The third-order valence-electron chi connectivity index (χ3n) is 4.62. The molecule has 2 N–H and O–H groups in total. The number of carbonyl (C=O) groups excluding carboxylic acids is 2. The molecule has 1 unspecified atom stereocenters. The SMILES string of the molecule is Cc1ccc(NC(=O)C(c2ccccc2)N(C)CC(=O)Nc2cccc(F)c2)cc1. The highest BCUT2D eigenvalue weighted by Crippen LogP contribution is 2.22. The third kappa shape index (κ3) is 5.75. The highest BCUT2D eigenvalue weighted by molar-refractivity contribution is 5.97. The number of anilines is 2.